The third kappa shape index (κ3) is 3.07. The lowest BCUT2D eigenvalue weighted by Gasteiger charge is -2.11. The number of fused-ring (bicyclic) bond motifs is 1. The number of amides is 1. The first-order valence-electron chi connectivity index (χ1n) is 6.56. The first kappa shape index (κ1) is 15.6. The van der Waals surface area contributed by atoms with Gasteiger partial charge in [0.2, 0.25) is 11.4 Å². The van der Waals surface area contributed by atoms with Gasteiger partial charge in [-0.1, -0.05) is 6.07 Å². The van der Waals surface area contributed by atoms with Crippen molar-refractivity contribution in [3.05, 3.63) is 52.6 Å². The Kier molecular flexibility index (Phi) is 3.72. The molecule has 0 aliphatic rings. The minimum absolute atomic E-state index is 0.108. The lowest BCUT2D eigenvalue weighted by atomic mass is 10.1. The third-order valence-corrected chi connectivity index (χ3v) is 3.08. The predicted molar refractivity (Wildman–Crippen MR) is 77.8 cm³/mol. The average Bonchev–Trinajstić information content (AvgIpc) is 2.99. The highest BCUT2D eigenvalue weighted by molar-refractivity contribution is 6.05. The number of imidazole rings is 1. The summed E-state index contributed by atoms with van der Waals surface area (Å²) in [5.74, 6) is -1.18. The standard InChI is InChI=1S/C14H9F3N4O3/c15-14(16,17)24-9-3-1-2-7-10(9)20-6-8(11(7)22)12(23)21-13-18-4-5-19-13/h1-6H,(H,20,22)(H2,18,19,21,23). The maximum atomic E-state index is 12.4. The molecule has 0 atom stereocenters. The van der Waals surface area contributed by atoms with Crippen molar-refractivity contribution in [2.45, 2.75) is 6.36 Å². The SMILES string of the molecule is O=C(Nc1ncc[nH]1)c1c[nH]c2c(OC(F)(F)F)cccc2c1=O. The van der Waals surface area contributed by atoms with E-state index in [2.05, 4.69) is 25.0 Å². The van der Waals surface area contributed by atoms with Crippen molar-refractivity contribution in [1.82, 2.24) is 15.0 Å². The van der Waals surface area contributed by atoms with Crippen molar-refractivity contribution in [2.75, 3.05) is 5.32 Å². The Hall–Kier alpha value is -3.30. The Morgan fingerprint density at radius 3 is 2.71 bits per heavy atom. The van der Waals surface area contributed by atoms with E-state index in [4.69, 9.17) is 0 Å². The van der Waals surface area contributed by atoms with Crippen LogP contribution in [0.4, 0.5) is 19.1 Å². The number of hydrogen-bond acceptors (Lipinski definition) is 4. The van der Waals surface area contributed by atoms with Crippen LogP contribution < -0.4 is 15.5 Å². The molecule has 1 amide bonds. The van der Waals surface area contributed by atoms with E-state index in [1.54, 1.807) is 0 Å². The van der Waals surface area contributed by atoms with Crippen molar-refractivity contribution >= 4 is 22.8 Å². The Morgan fingerprint density at radius 2 is 2.04 bits per heavy atom. The number of para-hydroxylation sites is 1. The van der Waals surface area contributed by atoms with Crippen LogP contribution in [0, 0.1) is 0 Å². The van der Waals surface area contributed by atoms with Crippen molar-refractivity contribution in [1.29, 1.82) is 0 Å². The summed E-state index contributed by atoms with van der Waals surface area (Å²) in [5.41, 5.74) is -1.17. The van der Waals surface area contributed by atoms with Crippen LogP contribution in [0.2, 0.25) is 0 Å². The molecule has 0 bridgehead atoms. The molecule has 3 N–H and O–H groups in total. The van der Waals surface area contributed by atoms with Crippen LogP contribution >= 0.6 is 0 Å². The number of benzene rings is 1. The lowest BCUT2D eigenvalue weighted by Crippen LogP contribution is -2.23. The van der Waals surface area contributed by atoms with E-state index in [1.807, 2.05) is 0 Å². The van der Waals surface area contributed by atoms with Crippen LogP contribution in [0.3, 0.4) is 0 Å². The van der Waals surface area contributed by atoms with Crippen LogP contribution in [-0.2, 0) is 0 Å². The van der Waals surface area contributed by atoms with Gasteiger partial charge in [0.25, 0.3) is 5.91 Å². The molecule has 3 rings (SSSR count). The van der Waals surface area contributed by atoms with Gasteiger partial charge < -0.3 is 14.7 Å². The zero-order valence-corrected chi connectivity index (χ0v) is 11.8. The second-order valence-corrected chi connectivity index (χ2v) is 4.65. The maximum absolute atomic E-state index is 12.4. The summed E-state index contributed by atoms with van der Waals surface area (Å²) >= 11 is 0. The number of aromatic amines is 2. The molecule has 7 nitrogen and oxygen atoms in total. The minimum Gasteiger partial charge on any atom is -0.404 e. The highest BCUT2D eigenvalue weighted by Crippen LogP contribution is 2.28. The fraction of sp³-hybridized carbons (Fsp3) is 0.0714. The molecular weight excluding hydrogens is 329 g/mol. The third-order valence-electron chi connectivity index (χ3n) is 3.08. The number of ether oxygens (including phenoxy) is 1. The number of H-pyrrole nitrogens is 2. The molecule has 2 heterocycles. The topological polar surface area (TPSA) is 99.9 Å². The van der Waals surface area contributed by atoms with Gasteiger partial charge in [-0.2, -0.15) is 0 Å². The molecule has 2 aromatic heterocycles. The summed E-state index contributed by atoms with van der Waals surface area (Å²) in [6, 6.07) is 3.59. The Balaban J connectivity index is 2.02. The van der Waals surface area contributed by atoms with E-state index < -0.39 is 23.4 Å². The molecule has 24 heavy (non-hydrogen) atoms. The van der Waals surface area contributed by atoms with Crippen LogP contribution in [-0.4, -0.2) is 27.2 Å². The molecule has 3 aromatic rings. The number of pyridine rings is 1. The normalized spacial score (nSPS) is 11.5. The number of carbonyl (C=O) groups is 1. The fourth-order valence-corrected chi connectivity index (χ4v) is 2.11. The Bertz CT molecular complexity index is 948. The molecule has 124 valence electrons. The molecule has 0 radical (unpaired) electrons. The summed E-state index contributed by atoms with van der Waals surface area (Å²) in [6.45, 7) is 0. The second-order valence-electron chi connectivity index (χ2n) is 4.65. The molecule has 10 heteroatoms. The van der Waals surface area contributed by atoms with Crippen molar-refractivity contribution in [3.8, 4) is 5.75 Å². The molecule has 0 aliphatic heterocycles. The highest BCUT2D eigenvalue weighted by atomic mass is 19.4. The molecular formula is C14H9F3N4O3. The van der Waals surface area contributed by atoms with Gasteiger partial charge >= 0.3 is 6.36 Å². The molecule has 0 saturated heterocycles. The van der Waals surface area contributed by atoms with Crippen LogP contribution in [0.15, 0.2) is 41.6 Å². The van der Waals surface area contributed by atoms with Crippen molar-refractivity contribution in [2.24, 2.45) is 0 Å². The monoisotopic (exact) mass is 338 g/mol. The van der Waals surface area contributed by atoms with Crippen molar-refractivity contribution in [3.63, 3.8) is 0 Å². The number of alkyl halides is 3. The molecule has 1 aromatic carbocycles. The van der Waals surface area contributed by atoms with Gasteiger partial charge in [-0.25, -0.2) is 4.98 Å². The molecule has 0 fully saturated rings. The fourth-order valence-electron chi connectivity index (χ4n) is 2.11. The molecule has 0 unspecified atom stereocenters. The smallest absolute Gasteiger partial charge is 0.404 e. The summed E-state index contributed by atoms with van der Waals surface area (Å²) in [5, 5.41) is 2.25. The number of nitrogens with one attached hydrogen (secondary N) is 3. The highest BCUT2D eigenvalue weighted by Gasteiger charge is 2.32. The number of nitrogens with zero attached hydrogens (tertiary/aromatic N) is 1. The van der Waals surface area contributed by atoms with E-state index >= 15 is 0 Å². The number of anilines is 1. The molecule has 0 spiro atoms. The van der Waals surface area contributed by atoms with E-state index in [0.29, 0.717) is 0 Å². The van der Waals surface area contributed by atoms with Gasteiger partial charge in [0.05, 0.1) is 10.9 Å². The van der Waals surface area contributed by atoms with Gasteiger partial charge in [0.1, 0.15) is 5.56 Å². The average molecular weight is 338 g/mol. The number of hydrogen-bond donors (Lipinski definition) is 3. The first-order chi connectivity index (χ1) is 11.3. The zero-order chi connectivity index (χ0) is 17.3. The quantitative estimate of drug-likeness (QED) is 0.683. The lowest BCUT2D eigenvalue weighted by molar-refractivity contribution is -0.274. The van der Waals surface area contributed by atoms with Crippen molar-refractivity contribution < 1.29 is 22.7 Å². The van der Waals surface area contributed by atoms with Crippen LogP contribution in [0.1, 0.15) is 10.4 Å². The number of aromatic nitrogens is 3. The van der Waals surface area contributed by atoms with Crippen LogP contribution in [0.25, 0.3) is 10.9 Å². The van der Waals surface area contributed by atoms with E-state index in [-0.39, 0.29) is 22.4 Å². The van der Waals surface area contributed by atoms with E-state index in [1.165, 1.54) is 24.5 Å². The summed E-state index contributed by atoms with van der Waals surface area (Å²) in [4.78, 5) is 33.4. The van der Waals surface area contributed by atoms with E-state index in [9.17, 15) is 22.8 Å². The largest absolute Gasteiger partial charge is 0.573 e. The number of halogens is 3. The van der Waals surface area contributed by atoms with Crippen LogP contribution in [0.5, 0.6) is 5.75 Å². The van der Waals surface area contributed by atoms with E-state index in [0.717, 1.165) is 12.3 Å². The summed E-state index contributed by atoms with van der Waals surface area (Å²) in [6.07, 6.45) is -1.01. The molecule has 0 saturated carbocycles. The van der Waals surface area contributed by atoms with Gasteiger partial charge in [0.15, 0.2) is 5.75 Å². The maximum Gasteiger partial charge on any atom is 0.573 e. The van der Waals surface area contributed by atoms with Gasteiger partial charge in [-0.3, -0.25) is 14.9 Å². The predicted octanol–water partition coefficient (Wildman–Crippen LogP) is 2.40. The Morgan fingerprint density at radius 1 is 1.25 bits per heavy atom. The van der Waals surface area contributed by atoms with Gasteiger partial charge in [-0.05, 0) is 12.1 Å². The Labute approximate surface area is 131 Å². The summed E-state index contributed by atoms with van der Waals surface area (Å²) in [7, 11) is 0. The zero-order valence-electron chi connectivity index (χ0n) is 11.8. The number of rotatable bonds is 3. The second kappa shape index (κ2) is 5.72. The first-order valence-corrected chi connectivity index (χ1v) is 6.56. The number of carbonyl (C=O) groups excluding carboxylic acids is 1. The van der Waals surface area contributed by atoms with Gasteiger partial charge in [0, 0.05) is 18.6 Å². The minimum atomic E-state index is -4.90. The molecule has 0 aliphatic carbocycles. The van der Waals surface area contributed by atoms with Gasteiger partial charge in [-0.15, -0.1) is 13.2 Å². The summed E-state index contributed by atoms with van der Waals surface area (Å²) < 4.78 is 41.1.